The number of piperidine rings is 1. The van der Waals surface area contributed by atoms with Gasteiger partial charge in [-0.05, 0) is 25.9 Å². The van der Waals surface area contributed by atoms with E-state index in [1.165, 1.54) is 0 Å². The van der Waals surface area contributed by atoms with Crippen LogP contribution in [0.1, 0.15) is 12.8 Å². The molecule has 5 heteroatoms. The van der Waals surface area contributed by atoms with Gasteiger partial charge in [0.25, 0.3) is 0 Å². The number of nitrogens with one attached hydrogen (secondary N) is 2. The van der Waals surface area contributed by atoms with Crippen molar-refractivity contribution in [3.05, 3.63) is 0 Å². The Hall–Kier alpha value is 0.0300. The summed E-state index contributed by atoms with van der Waals surface area (Å²) < 4.78 is 18.9. The molecule has 2 rings (SSSR count). The highest BCUT2D eigenvalue weighted by Crippen LogP contribution is 2.37. The standard InChI is InChI=1S/C8H16N2O2S/c11-13-10-7-5-12-6-8(7)1-3-9-4-2-8/h7,9,13H,1-6H2,(H,10,11)/t7-/m1/s1. The topological polar surface area (TPSA) is 50.4 Å². The summed E-state index contributed by atoms with van der Waals surface area (Å²) in [6, 6.07) is 0.272. The normalized spacial score (nSPS) is 32.5. The van der Waals surface area contributed by atoms with Crippen LogP contribution in [-0.2, 0) is 16.6 Å². The number of thiol groups is 1. The van der Waals surface area contributed by atoms with E-state index in [0.717, 1.165) is 32.5 Å². The maximum absolute atomic E-state index is 10.5. The second-order valence-corrected chi connectivity index (χ2v) is 4.34. The molecule has 13 heavy (non-hydrogen) atoms. The third-order valence-corrected chi connectivity index (χ3v) is 3.64. The van der Waals surface area contributed by atoms with Gasteiger partial charge >= 0.3 is 0 Å². The molecule has 2 saturated heterocycles. The van der Waals surface area contributed by atoms with Gasteiger partial charge in [-0.1, -0.05) is 0 Å². The summed E-state index contributed by atoms with van der Waals surface area (Å²) in [7, 11) is 0. The molecule has 2 aliphatic heterocycles. The van der Waals surface area contributed by atoms with E-state index in [2.05, 4.69) is 10.0 Å². The second kappa shape index (κ2) is 4.04. The van der Waals surface area contributed by atoms with Crippen LogP contribution in [0.4, 0.5) is 0 Å². The van der Waals surface area contributed by atoms with Gasteiger partial charge in [0.2, 0.25) is 0 Å². The Bertz CT molecular complexity index is 195. The van der Waals surface area contributed by atoms with Crippen LogP contribution < -0.4 is 10.0 Å². The highest BCUT2D eigenvalue weighted by atomic mass is 32.2. The Morgan fingerprint density at radius 1 is 1.46 bits per heavy atom. The summed E-state index contributed by atoms with van der Waals surface area (Å²) in [6.45, 7) is 3.63. The molecule has 0 aromatic carbocycles. The van der Waals surface area contributed by atoms with Crippen LogP contribution in [0.2, 0.25) is 0 Å². The van der Waals surface area contributed by atoms with Gasteiger partial charge in [-0.3, -0.25) is 0 Å². The quantitative estimate of drug-likeness (QED) is 0.516. The van der Waals surface area contributed by atoms with E-state index in [1.54, 1.807) is 0 Å². The Morgan fingerprint density at radius 3 is 2.92 bits per heavy atom. The molecule has 4 nitrogen and oxygen atoms in total. The van der Waals surface area contributed by atoms with Gasteiger partial charge in [0.05, 0.1) is 31.1 Å². The van der Waals surface area contributed by atoms with Crippen LogP contribution in [0.3, 0.4) is 0 Å². The predicted octanol–water partition coefficient (Wildman–Crippen LogP) is -0.795. The van der Waals surface area contributed by atoms with E-state index in [1.807, 2.05) is 0 Å². The van der Waals surface area contributed by atoms with Crippen LogP contribution in [0.15, 0.2) is 0 Å². The fourth-order valence-corrected chi connectivity index (χ4v) is 2.79. The minimum atomic E-state index is 0.0279. The Balaban J connectivity index is 2.04. The molecule has 0 saturated carbocycles. The summed E-state index contributed by atoms with van der Waals surface area (Å²) in [5, 5.41) is 3.33. The average molecular weight is 204 g/mol. The molecule has 0 aliphatic carbocycles. The summed E-state index contributed by atoms with van der Waals surface area (Å²) >= 11 is 0.0279. The van der Waals surface area contributed by atoms with Crippen molar-refractivity contribution in [3.8, 4) is 0 Å². The molecule has 2 fully saturated rings. The third kappa shape index (κ3) is 1.79. The molecule has 0 radical (unpaired) electrons. The molecule has 76 valence electrons. The molecule has 0 amide bonds. The maximum Gasteiger partial charge on any atom is 0.0784 e. The van der Waals surface area contributed by atoms with Gasteiger partial charge in [-0.15, -0.1) is 0 Å². The minimum Gasteiger partial charge on any atom is -0.379 e. The van der Waals surface area contributed by atoms with Crippen molar-refractivity contribution in [2.24, 2.45) is 5.41 Å². The lowest BCUT2D eigenvalue weighted by Crippen LogP contribution is -2.49. The van der Waals surface area contributed by atoms with Crippen LogP contribution >= 0.6 is 0 Å². The van der Waals surface area contributed by atoms with Crippen molar-refractivity contribution >= 4 is 11.9 Å². The SMILES string of the molecule is O=[SH]N[C@@H]1COCC12CCNCC2. The van der Waals surface area contributed by atoms with Gasteiger partial charge in [0, 0.05) is 5.41 Å². The fourth-order valence-electron chi connectivity index (χ4n) is 2.31. The van der Waals surface area contributed by atoms with E-state index < -0.39 is 0 Å². The van der Waals surface area contributed by atoms with E-state index in [0.29, 0.717) is 6.61 Å². The van der Waals surface area contributed by atoms with Crippen molar-refractivity contribution in [1.82, 2.24) is 10.0 Å². The molecular formula is C8H16N2O2S. The molecule has 1 atom stereocenters. The number of ether oxygens (including phenoxy) is 1. The summed E-state index contributed by atoms with van der Waals surface area (Å²) in [5.74, 6) is 0. The summed E-state index contributed by atoms with van der Waals surface area (Å²) in [4.78, 5) is 0. The lowest BCUT2D eigenvalue weighted by molar-refractivity contribution is 0.125. The van der Waals surface area contributed by atoms with Gasteiger partial charge in [-0.25, -0.2) is 8.93 Å². The average Bonchev–Trinajstić information content (AvgIpc) is 2.52. The Kier molecular flexibility index (Phi) is 2.98. The molecule has 0 aromatic rings. The zero-order valence-corrected chi connectivity index (χ0v) is 8.48. The van der Waals surface area contributed by atoms with E-state index >= 15 is 0 Å². The smallest absolute Gasteiger partial charge is 0.0784 e. The lowest BCUT2D eigenvalue weighted by atomic mass is 9.75. The molecule has 2 aliphatic rings. The van der Waals surface area contributed by atoms with Gasteiger partial charge in [-0.2, -0.15) is 0 Å². The van der Waals surface area contributed by atoms with E-state index in [-0.39, 0.29) is 23.3 Å². The molecular weight excluding hydrogens is 188 g/mol. The third-order valence-electron chi connectivity index (χ3n) is 3.22. The fraction of sp³-hybridized carbons (Fsp3) is 1.00. The largest absolute Gasteiger partial charge is 0.379 e. The van der Waals surface area contributed by atoms with Crippen molar-refractivity contribution in [1.29, 1.82) is 0 Å². The van der Waals surface area contributed by atoms with E-state index in [4.69, 9.17) is 4.74 Å². The number of hydrogen-bond donors (Lipinski definition) is 3. The molecule has 1 spiro atoms. The predicted molar refractivity (Wildman–Crippen MR) is 51.8 cm³/mol. The Morgan fingerprint density at radius 2 is 2.23 bits per heavy atom. The van der Waals surface area contributed by atoms with Crippen molar-refractivity contribution in [2.75, 3.05) is 26.3 Å². The monoisotopic (exact) mass is 204 g/mol. The lowest BCUT2D eigenvalue weighted by Gasteiger charge is -2.36. The maximum atomic E-state index is 10.5. The van der Waals surface area contributed by atoms with Crippen molar-refractivity contribution in [3.63, 3.8) is 0 Å². The molecule has 0 unspecified atom stereocenters. The van der Waals surface area contributed by atoms with Gasteiger partial charge in [0.15, 0.2) is 0 Å². The molecule has 2 heterocycles. The van der Waals surface area contributed by atoms with Crippen LogP contribution in [0.5, 0.6) is 0 Å². The second-order valence-electron chi connectivity index (χ2n) is 3.90. The van der Waals surface area contributed by atoms with Gasteiger partial charge < -0.3 is 10.1 Å². The first-order valence-electron chi connectivity index (χ1n) is 4.74. The number of hydrogen-bond acceptors (Lipinski definition) is 3. The molecule has 0 aromatic heterocycles. The first-order valence-corrected chi connectivity index (χ1v) is 5.55. The zero-order valence-electron chi connectivity index (χ0n) is 7.58. The summed E-state index contributed by atoms with van der Waals surface area (Å²) in [6.07, 6.45) is 2.25. The van der Waals surface area contributed by atoms with Crippen LogP contribution in [0, 0.1) is 5.41 Å². The van der Waals surface area contributed by atoms with E-state index in [9.17, 15) is 4.21 Å². The first-order chi connectivity index (χ1) is 6.37. The molecule has 2 N–H and O–H groups in total. The van der Waals surface area contributed by atoms with Crippen LogP contribution in [-0.4, -0.2) is 36.6 Å². The van der Waals surface area contributed by atoms with Crippen molar-refractivity contribution < 1.29 is 8.95 Å². The summed E-state index contributed by atoms with van der Waals surface area (Å²) in [5.41, 5.74) is 0.239. The first kappa shape index (κ1) is 9.58. The van der Waals surface area contributed by atoms with Crippen molar-refractivity contribution in [2.45, 2.75) is 18.9 Å². The highest BCUT2D eigenvalue weighted by Gasteiger charge is 2.44. The van der Waals surface area contributed by atoms with Gasteiger partial charge in [0.1, 0.15) is 0 Å². The number of rotatable bonds is 2. The zero-order chi connectivity index (χ0) is 9.15. The molecule has 0 bridgehead atoms. The Labute approximate surface area is 82.0 Å². The van der Waals surface area contributed by atoms with Crippen LogP contribution in [0.25, 0.3) is 0 Å². The highest BCUT2D eigenvalue weighted by molar-refractivity contribution is 7.63. The minimum absolute atomic E-state index is 0.0279.